The molecule has 0 aliphatic carbocycles. The van der Waals surface area contributed by atoms with Crippen LogP contribution in [0.5, 0.6) is 0 Å². The van der Waals surface area contributed by atoms with Crippen molar-refractivity contribution >= 4 is 15.7 Å². The number of amides is 1. The van der Waals surface area contributed by atoms with Gasteiger partial charge in [0.15, 0.2) is 15.7 Å². The predicted molar refractivity (Wildman–Crippen MR) is 96.8 cm³/mol. The Morgan fingerprint density at radius 2 is 2.00 bits per heavy atom. The lowest BCUT2D eigenvalue weighted by Crippen LogP contribution is -2.23. The van der Waals surface area contributed by atoms with Crippen molar-refractivity contribution in [3.05, 3.63) is 71.7 Å². The number of nitrogens with one attached hydrogen (secondary N) is 1. The zero-order chi connectivity index (χ0) is 18.7. The van der Waals surface area contributed by atoms with Crippen LogP contribution in [0.4, 0.5) is 0 Å². The summed E-state index contributed by atoms with van der Waals surface area (Å²) in [6.07, 6.45) is 6.22. The van der Waals surface area contributed by atoms with E-state index in [1.165, 1.54) is 6.07 Å². The number of benzene rings is 1. The summed E-state index contributed by atoms with van der Waals surface area (Å²) >= 11 is 0. The minimum atomic E-state index is -3.39. The summed E-state index contributed by atoms with van der Waals surface area (Å²) in [5.74, 6) is 0.309. The van der Waals surface area contributed by atoms with E-state index in [1.807, 2.05) is 6.07 Å². The molecule has 8 heteroatoms. The maximum absolute atomic E-state index is 12.4. The quantitative estimate of drug-likeness (QED) is 0.740. The standard InChI is InChI=1S/C18H18N4O3S/c1-13-4-5-15(11-16(13)26(2,24)25)18(23)20-12-14-6-8-19-17(10-14)22-9-3-7-21-22/h3-11H,12H2,1-2H3,(H,20,23). The van der Waals surface area contributed by atoms with Crippen LogP contribution in [-0.4, -0.2) is 35.3 Å². The maximum atomic E-state index is 12.4. The highest BCUT2D eigenvalue weighted by Gasteiger charge is 2.14. The SMILES string of the molecule is Cc1ccc(C(=O)NCc2ccnc(-n3cccn3)c2)cc1S(C)(=O)=O. The third-order valence-corrected chi connectivity index (χ3v) is 5.09. The van der Waals surface area contributed by atoms with E-state index in [2.05, 4.69) is 15.4 Å². The Bertz CT molecular complexity index is 1040. The van der Waals surface area contributed by atoms with Crippen LogP contribution in [0.2, 0.25) is 0 Å². The van der Waals surface area contributed by atoms with Gasteiger partial charge in [0.05, 0.1) is 4.90 Å². The van der Waals surface area contributed by atoms with Crippen LogP contribution in [0.1, 0.15) is 21.5 Å². The van der Waals surface area contributed by atoms with Gasteiger partial charge in [0.2, 0.25) is 0 Å². The number of pyridine rings is 1. The molecule has 0 spiro atoms. The topological polar surface area (TPSA) is 93.9 Å². The summed E-state index contributed by atoms with van der Waals surface area (Å²) in [6, 6.07) is 10.1. The van der Waals surface area contributed by atoms with E-state index in [4.69, 9.17) is 0 Å². The molecule has 134 valence electrons. The number of hydrogen-bond acceptors (Lipinski definition) is 5. The summed E-state index contributed by atoms with van der Waals surface area (Å²) in [5, 5.41) is 6.92. The van der Waals surface area contributed by atoms with Gasteiger partial charge in [0.25, 0.3) is 5.91 Å². The number of rotatable bonds is 5. The molecule has 0 aliphatic rings. The van der Waals surface area contributed by atoms with E-state index in [0.717, 1.165) is 11.8 Å². The van der Waals surface area contributed by atoms with Gasteiger partial charge >= 0.3 is 0 Å². The average Bonchev–Trinajstić information content (AvgIpc) is 3.14. The van der Waals surface area contributed by atoms with Gasteiger partial charge in [0.1, 0.15) is 0 Å². The highest BCUT2D eigenvalue weighted by atomic mass is 32.2. The van der Waals surface area contributed by atoms with Gasteiger partial charge in [-0.3, -0.25) is 4.79 Å². The fourth-order valence-electron chi connectivity index (χ4n) is 2.53. The van der Waals surface area contributed by atoms with Crippen molar-refractivity contribution in [3.8, 4) is 5.82 Å². The zero-order valence-electron chi connectivity index (χ0n) is 14.4. The molecule has 0 saturated carbocycles. The molecule has 0 bridgehead atoms. The van der Waals surface area contributed by atoms with E-state index < -0.39 is 9.84 Å². The summed E-state index contributed by atoms with van der Waals surface area (Å²) in [4.78, 5) is 16.8. The van der Waals surface area contributed by atoms with Gasteiger partial charge in [-0.1, -0.05) is 6.07 Å². The Hall–Kier alpha value is -3.00. The first kappa shape index (κ1) is 17.8. The summed E-state index contributed by atoms with van der Waals surface area (Å²) < 4.78 is 25.3. The van der Waals surface area contributed by atoms with Crippen LogP contribution in [0.25, 0.3) is 5.82 Å². The molecule has 2 heterocycles. The van der Waals surface area contributed by atoms with Crippen LogP contribution in [0, 0.1) is 6.92 Å². The van der Waals surface area contributed by atoms with E-state index in [1.54, 1.807) is 54.5 Å². The van der Waals surface area contributed by atoms with Gasteiger partial charge in [-0.05, 0) is 48.4 Å². The zero-order valence-corrected chi connectivity index (χ0v) is 15.2. The van der Waals surface area contributed by atoms with Gasteiger partial charge in [0, 0.05) is 37.0 Å². The van der Waals surface area contributed by atoms with E-state index in [-0.39, 0.29) is 17.3 Å². The summed E-state index contributed by atoms with van der Waals surface area (Å²) in [7, 11) is -3.39. The van der Waals surface area contributed by atoms with Crippen LogP contribution >= 0.6 is 0 Å². The van der Waals surface area contributed by atoms with Crippen molar-refractivity contribution in [2.45, 2.75) is 18.4 Å². The number of aryl methyl sites for hydroxylation is 1. The minimum Gasteiger partial charge on any atom is -0.348 e. The first-order chi connectivity index (χ1) is 12.3. The fourth-order valence-corrected chi connectivity index (χ4v) is 3.52. The second kappa shape index (κ2) is 7.09. The van der Waals surface area contributed by atoms with Crippen LogP contribution in [0.15, 0.2) is 59.9 Å². The van der Waals surface area contributed by atoms with Gasteiger partial charge in [-0.25, -0.2) is 18.1 Å². The Kier molecular flexibility index (Phi) is 4.85. The smallest absolute Gasteiger partial charge is 0.251 e. The Labute approximate surface area is 151 Å². The second-order valence-electron chi connectivity index (χ2n) is 5.91. The molecule has 0 unspecified atom stereocenters. The molecule has 3 aromatic rings. The van der Waals surface area contributed by atoms with Crippen molar-refractivity contribution < 1.29 is 13.2 Å². The summed E-state index contributed by atoms with van der Waals surface area (Å²) in [6.45, 7) is 1.99. The first-order valence-electron chi connectivity index (χ1n) is 7.88. The molecule has 0 radical (unpaired) electrons. The van der Waals surface area contributed by atoms with Crippen LogP contribution in [0.3, 0.4) is 0 Å². The minimum absolute atomic E-state index is 0.162. The molecule has 0 saturated heterocycles. The lowest BCUT2D eigenvalue weighted by molar-refractivity contribution is 0.0950. The largest absolute Gasteiger partial charge is 0.348 e. The molecule has 2 aromatic heterocycles. The molecular weight excluding hydrogens is 352 g/mol. The van der Waals surface area contributed by atoms with Crippen molar-refractivity contribution in [1.29, 1.82) is 0 Å². The van der Waals surface area contributed by atoms with Gasteiger partial charge < -0.3 is 5.32 Å². The molecule has 0 atom stereocenters. The highest BCUT2D eigenvalue weighted by Crippen LogP contribution is 2.17. The van der Waals surface area contributed by atoms with E-state index in [9.17, 15) is 13.2 Å². The van der Waals surface area contributed by atoms with E-state index in [0.29, 0.717) is 16.9 Å². The molecule has 1 N–H and O–H groups in total. The lowest BCUT2D eigenvalue weighted by Gasteiger charge is -2.09. The predicted octanol–water partition coefficient (Wildman–Crippen LogP) is 1.91. The molecule has 0 fully saturated rings. The number of carbonyl (C=O) groups excluding carboxylic acids is 1. The van der Waals surface area contributed by atoms with E-state index >= 15 is 0 Å². The van der Waals surface area contributed by atoms with Crippen molar-refractivity contribution in [2.75, 3.05) is 6.26 Å². The third kappa shape index (κ3) is 3.97. The Balaban J connectivity index is 1.75. The van der Waals surface area contributed by atoms with Crippen molar-refractivity contribution in [3.63, 3.8) is 0 Å². The normalized spacial score (nSPS) is 11.3. The number of sulfone groups is 1. The molecule has 26 heavy (non-hydrogen) atoms. The number of hydrogen-bond donors (Lipinski definition) is 1. The number of aromatic nitrogens is 3. The summed E-state index contributed by atoms with van der Waals surface area (Å²) in [5.41, 5.74) is 1.77. The molecule has 7 nitrogen and oxygen atoms in total. The third-order valence-electron chi connectivity index (χ3n) is 3.85. The highest BCUT2D eigenvalue weighted by molar-refractivity contribution is 7.90. The second-order valence-corrected chi connectivity index (χ2v) is 7.89. The lowest BCUT2D eigenvalue weighted by atomic mass is 10.1. The van der Waals surface area contributed by atoms with Gasteiger partial charge in [-0.2, -0.15) is 5.10 Å². The van der Waals surface area contributed by atoms with Gasteiger partial charge in [-0.15, -0.1) is 0 Å². The Morgan fingerprint density at radius 3 is 2.69 bits per heavy atom. The Morgan fingerprint density at radius 1 is 1.19 bits per heavy atom. The molecular formula is C18H18N4O3S. The van der Waals surface area contributed by atoms with Crippen LogP contribution < -0.4 is 5.32 Å². The number of carbonyl (C=O) groups is 1. The van der Waals surface area contributed by atoms with Crippen LogP contribution in [-0.2, 0) is 16.4 Å². The first-order valence-corrected chi connectivity index (χ1v) is 9.77. The fraction of sp³-hybridized carbons (Fsp3) is 0.167. The van der Waals surface area contributed by atoms with Crippen molar-refractivity contribution in [1.82, 2.24) is 20.1 Å². The molecule has 0 aliphatic heterocycles. The molecule has 1 aromatic carbocycles. The monoisotopic (exact) mass is 370 g/mol. The molecule has 3 rings (SSSR count). The average molecular weight is 370 g/mol. The molecule has 1 amide bonds. The maximum Gasteiger partial charge on any atom is 0.251 e. The van der Waals surface area contributed by atoms with Crippen molar-refractivity contribution in [2.24, 2.45) is 0 Å². The number of nitrogens with zero attached hydrogens (tertiary/aromatic N) is 3.